The zero-order valence-corrected chi connectivity index (χ0v) is 15.3. The number of aromatic nitrogens is 1. The standard InChI is InChI=1S/C17H31N3O2/c1-12-9-14(13(2)20(12)8)10-19-17(6,7)11-18-15(21)22-16(3,4)5/h9,19H,10-11H2,1-8H3,(H,18,21). The van der Waals surface area contributed by atoms with Crippen LogP contribution < -0.4 is 10.6 Å². The van der Waals surface area contributed by atoms with Gasteiger partial charge in [-0.2, -0.15) is 0 Å². The average molecular weight is 309 g/mol. The van der Waals surface area contributed by atoms with E-state index in [9.17, 15) is 4.79 Å². The van der Waals surface area contributed by atoms with Gasteiger partial charge in [0.2, 0.25) is 0 Å². The maximum atomic E-state index is 11.7. The van der Waals surface area contributed by atoms with E-state index in [4.69, 9.17) is 4.74 Å². The lowest BCUT2D eigenvalue weighted by atomic mass is 10.1. The fourth-order valence-electron chi connectivity index (χ4n) is 2.12. The van der Waals surface area contributed by atoms with Crippen molar-refractivity contribution < 1.29 is 9.53 Å². The molecule has 22 heavy (non-hydrogen) atoms. The molecule has 2 N–H and O–H groups in total. The molecular weight excluding hydrogens is 278 g/mol. The predicted molar refractivity (Wildman–Crippen MR) is 90.0 cm³/mol. The molecule has 1 aromatic rings. The van der Waals surface area contributed by atoms with Gasteiger partial charge < -0.3 is 19.9 Å². The highest BCUT2D eigenvalue weighted by molar-refractivity contribution is 5.67. The Labute approximate surface area is 134 Å². The number of carbonyl (C=O) groups is 1. The van der Waals surface area contributed by atoms with Gasteiger partial charge in [0, 0.05) is 37.1 Å². The minimum absolute atomic E-state index is 0.215. The number of ether oxygens (including phenoxy) is 1. The number of rotatable bonds is 5. The molecule has 0 aliphatic carbocycles. The molecule has 0 unspecified atom stereocenters. The van der Waals surface area contributed by atoms with Gasteiger partial charge in [-0.25, -0.2) is 4.79 Å². The highest BCUT2D eigenvalue weighted by Gasteiger charge is 2.21. The van der Waals surface area contributed by atoms with E-state index in [1.54, 1.807) is 0 Å². The van der Waals surface area contributed by atoms with Crippen molar-refractivity contribution in [2.75, 3.05) is 6.54 Å². The highest BCUT2D eigenvalue weighted by Crippen LogP contribution is 2.14. The Morgan fingerprint density at radius 2 is 1.82 bits per heavy atom. The van der Waals surface area contributed by atoms with E-state index in [2.05, 4.69) is 56.0 Å². The molecule has 0 bridgehead atoms. The molecule has 1 rings (SSSR count). The minimum Gasteiger partial charge on any atom is -0.444 e. The molecule has 0 spiro atoms. The van der Waals surface area contributed by atoms with Crippen LogP contribution in [0.25, 0.3) is 0 Å². The van der Waals surface area contributed by atoms with Crippen molar-refractivity contribution in [2.24, 2.45) is 7.05 Å². The van der Waals surface area contributed by atoms with Crippen LogP contribution in [0.5, 0.6) is 0 Å². The number of nitrogens with zero attached hydrogens (tertiary/aromatic N) is 1. The van der Waals surface area contributed by atoms with Crippen molar-refractivity contribution in [3.05, 3.63) is 23.0 Å². The molecule has 0 saturated carbocycles. The van der Waals surface area contributed by atoms with Crippen LogP contribution in [0.2, 0.25) is 0 Å². The topological polar surface area (TPSA) is 55.3 Å². The minimum atomic E-state index is -0.472. The van der Waals surface area contributed by atoms with E-state index in [-0.39, 0.29) is 11.6 Å². The average Bonchev–Trinajstić information content (AvgIpc) is 2.60. The molecule has 126 valence electrons. The summed E-state index contributed by atoms with van der Waals surface area (Å²) < 4.78 is 7.44. The first-order valence-corrected chi connectivity index (χ1v) is 7.75. The van der Waals surface area contributed by atoms with Gasteiger partial charge in [0.15, 0.2) is 0 Å². The second-order valence-electron chi connectivity index (χ2n) is 7.55. The van der Waals surface area contributed by atoms with Crippen molar-refractivity contribution in [1.82, 2.24) is 15.2 Å². The first-order chi connectivity index (χ1) is 9.91. The molecule has 0 fully saturated rings. The van der Waals surface area contributed by atoms with E-state index in [1.165, 1.54) is 17.0 Å². The van der Waals surface area contributed by atoms with Gasteiger partial charge in [-0.05, 0) is 60.1 Å². The molecular formula is C17H31N3O2. The van der Waals surface area contributed by atoms with Gasteiger partial charge in [0.05, 0.1) is 0 Å². The SMILES string of the molecule is Cc1cc(CNC(C)(C)CNC(=O)OC(C)(C)C)c(C)n1C. The molecule has 0 aliphatic heterocycles. The second-order valence-corrected chi connectivity index (χ2v) is 7.55. The van der Waals surface area contributed by atoms with Crippen LogP contribution in [0.1, 0.15) is 51.6 Å². The highest BCUT2D eigenvalue weighted by atomic mass is 16.6. The zero-order valence-electron chi connectivity index (χ0n) is 15.3. The van der Waals surface area contributed by atoms with E-state index in [0.29, 0.717) is 6.54 Å². The van der Waals surface area contributed by atoms with Crippen LogP contribution in [0.3, 0.4) is 0 Å². The van der Waals surface area contributed by atoms with Crippen molar-refractivity contribution in [3.8, 4) is 0 Å². The van der Waals surface area contributed by atoms with Crippen molar-refractivity contribution in [3.63, 3.8) is 0 Å². The van der Waals surface area contributed by atoms with Crippen LogP contribution >= 0.6 is 0 Å². The molecule has 1 heterocycles. The largest absolute Gasteiger partial charge is 0.444 e. The summed E-state index contributed by atoms with van der Waals surface area (Å²) in [6.45, 7) is 15.2. The van der Waals surface area contributed by atoms with Crippen LogP contribution in [0.4, 0.5) is 4.79 Å². The van der Waals surface area contributed by atoms with E-state index < -0.39 is 5.60 Å². The fourth-order valence-corrected chi connectivity index (χ4v) is 2.12. The predicted octanol–water partition coefficient (Wildman–Crippen LogP) is 3.03. The lowest BCUT2D eigenvalue weighted by molar-refractivity contribution is 0.0513. The Kier molecular flexibility index (Phi) is 5.68. The third-order valence-electron chi connectivity index (χ3n) is 3.71. The number of hydrogen-bond donors (Lipinski definition) is 2. The van der Waals surface area contributed by atoms with Gasteiger partial charge in [-0.1, -0.05) is 0 Å². The summed E-state index contributed by atoms with van der Waals surface area (Å²) >= 11 is 0. The number of alkyl carbamates (subject to hydrolysis) is 1. The quantitative estimate of drug-likeness (QED) is 0.879. The number of carbonyl (C=O) groups excluding carboxylic acids is 1. The third kappa shape index (κ3) is 5.72. The second kappa shape index (κ2) is 6.73. The maximum absolute atomic E-state index is 11.7. The van der Waals surface area contributed by atoms with Gasteiger partial charge in [0.1, 0.15) is 5.60 Å². The molecule has 0 aromatic carbocycles. The molecule has 0 saturated heterocycles. The Morgan fingerprint density at radius 1 is 1.23 bits per heavy atom. The van der Waals surface area contributed by atoms with Gasteiger partial charge in [0.25, 0.3) is 0 Å². The smallest absolute Gasteiger partial charge is 0.407 e. The van der Waals surface area contributed by atoms with Crippen LogP contribution in [-0.2, 0) is 18.3 Å². The Balaban J connectivity index is 2.50. The number of aryl methyl sites for hydroxylation is 1. The third-order valence-corrected chi connectivity index (χ3v) is 3.71. The fraction of sp³-hybridized carbons (Fsp3) is 0.706. The number of amides is 1. The summed E-state index contributed by atoms with van der Waals surface area (Å²) in [5, 5.41) is 6.31. The first-order valence-electron chi connectivity index (χ1n) is 7.75. The zero-order chi connectivity index (χ0) is 17.1. The summed E-state index contributed by atoms with van der Waals surface area (Å²) in [5.41, 5.74) is 3.11. The molecule has 1 aromatic heterocycles. The molecule has 5 heteroatoms. The Morgan fingerprint density at radius 3 is 2.27 bits per heavy atom. The van der Waals surface area contributed by atoms with Crippen LogP contribution in [0.15, 0.2) is 6.07 Å². The molecule has 1 amide bonds. The first kappa shape index (κ1) is 18.6. The van der Waals surface area contributed by atoms with Crippen molar-refractivity contribution in [1.29, 1.82) is 0 Å². The number of nitrogens with one attached hydrogen (secondary N) is 2. The monoisotopic (exact) mass is 309 g/mol. The van der Waals surface area contributed by atoms with E-state index in [0.717, 1.165) is 6.54 Å². The molecule has 0 radical (unpaired) electrons. The summed E-state index contributed by atoms with van der Waals surface area (Å²) in [7, 11) is 2.07. The van der Waals surface area contributed by atoms with E-state index in [1.807, 2.05) is 20.8 Å². The van der Waals surface area contributed by atoms with E-state index >= 15 is 0 Å². The summed E-state index contributed by atoms with van der Waals surface area (Å²) in [5.74, 6) is 0. The van der Waals surface area contributed by atoms with Gasteiger partial charge >= 0.3 is 6.09 Å². The Hall–Kier alpha value is -1.49. The lowest BCUT2D eigenvalue weighted by Gasteiger charge is -2.28. The van der Waals surface area contributed by atoms with Gasteiger partial charge in [-0.3, -0.25) is 0 Å². The number of hydrogen-bond acceptors (Lipinski definition) is 3. The maximum Gasteiger partial charge on any atom is 0.407 e. The summed E-state index contributed by atoms with van der Waals surface area (Å²) in [6.07, 6.45) is -0.380. The summed E-state index contributed by atoms with van der Waals surface area (Å²) in [4.78, 5) is 11.7. The van der Waals surface area contributed by atoms with Crippen LogP contribution in [-0.4, -0.2) is 28.3 Å². The molecule has 0 aliphatic rings. The normalized spacial score (nSPS) is 12.4. The van der Waals surface area contributed by atoms with Crippen LogP contribution in [0, 0.1) is 13.8 Å². The molecule has 0 atom stereocenters. The summed E-state index contributed by atoms with van der Waals surface area (Å²) in [6, 6.07) is 2.19. The molecule has 5 nitrogen and oxygen atoms in total. The van der Waals surface area contributed by atoms with Crippen molar-refractivity contribution in [2.45, 2.75) is 66.2 Å². The Bertz CT molecular complexity index is 525. The lowest BCUT2D eigenvalue weighted by Crippen LogP contribution is -2.49. The van der Waals surface area contributed by atoms with Crippen molar-refractivity contribution >= 4 is 6.09 Å². The van der Waals surface area contributed by atoms with Gasteiger partial charge in [-0.15, -0.1) is 0 Å².